The summed E-state index contributed by atoms with van der Waals surface area (Å²) in [4.78, 5) is 17.0. The number of amides is 1. The third-order valence-corrected chi connectivity index (χ3v) is 4.47. The van der Waals surface area contributed by atoms with E-state index in [4.69, 9.17) is 0 Å². The van der Waals surface area contributed by atoms with Crippen LogP contribution in [0.25, 0.3) is 0 Å². The van der Waals surface area contributed by atoms with Crippen LogP contribution in [0.2, 0.25) is 0 Å². The highest BCUT2D eigenvalue weighted by Crippen LogP contribution is 2.24. The molecule has 0 unspecified atom stereocenters. The Morgan fingerprint density at radius 1 is 1.08 bits per heavy atom. The van der Waals surface area contributed by atoms with Crippen molar-refractivity contribution >= 4 is 23.1 Å². The molecule has 0 aliphatic rings. The first-order valence-electron chi connectivity index (χ1n) is 8.55. The Kier molecular flexibility index (Phi) is 5.02. The molecule has 0 aliphatic carbocycles. The summed E-state index contributed by atoms with van der Waals surface area (Å²) in [7, 11) is 1.89. The molecule has 0 aliphatic heterocycles. The van der Waals surface area contributed by atoms with Gasteiger partial charge in [-0.3, -0.25) is 9.48 Å². The van der Waals surface area contributed by atoms with E-state index in [0.29, 0.717) is 5.69 Å². The number of aromatic nitrogens is 3. The van der Waals surface area contributed by atoms with Crippen LogP contribution < -0.4 is 10.6 Å². The first kappa shape index (κ1) is 17.7. The molecule has 3 aromatic rings. The zero-order chi connectivity index (χ0) is 18.7. The average molecular weight is 349 g/mol. The quantitative estimate of drug-likeness (QED) is 0.732. The van der Waals surface area contributed by atoms with Crippen LogP contribution in [0.1, 0.15) is 29.8 Å². The van der Waals surface area contributed by atoms with Gasteiger partial charge in [0.1, 0.15) is 5.82 Å². The van der Waals surface area contributed by atoms with Gasteiger partial charge in [0.25, 0.3) is 0 Å². The zero-order valence-corrected chi connectivity index (χ0v) is 15.4. The van der Waals surface area contributed by atoms with E-state index in [0.717, 1.165) is 28.5 Å². The van der Waals surface area contributed by atoms with E-state index >= 15 is 0 Å². The summed E-state index contributed by atoms with van der Waals surface area (Å²) in [5.74, 6) is 0.363. The minimum absolute atomic E-state index is 0.0743. The van der Waals surface area contributed by atoms with E-state index in [1.807, 2.05) is 70.3 Å². The molecule has 26 heavy (non-hydrogen) atoms. The molecule has 0 saturated carbocycles. The van der Waals surface area contributed by atoms with E-state index < -0.39 is 0 Å². The molecule has 1 aromatic carbocycles. The van der Waals surface area contributed by atoms with Crippen molar-refractivity contribution in [2.75, 3.05) is 10.6 Å². The molecule has 6 heteroatoms. The number of rotatable bonds is 5. The molecule has 0 spiro atoms. The number of nitrogens with one attached hydrogen (secondary N) is 2. The molecule has 1 amide bonds. The normalized spacial score (nSPS) is 11.8. The Labute approximate surface area is 153 Å². The van der Waals surface area contributed by atoms with Crippen LogP contribution in [0.3, 0.4) is 0 Å². The van der Waals surface area contributed by atoms with Gasteiger partial charge in [-0.1, -0.05) is 18.2 Å². The highest BCUT2D eigenvalue weighted by Gasteiger charge is 2.22. The third-order valence-electron chi connectivity index (χ3n) is 4.47. The van der Waals surface area contributed by atoms with Crippen LogP contribution in [0.15, 0.2) is 48.7 Å². The largest absolute Gasteiger partial charge is 0.340 e. The molecule has 2 heterocycles. The monoisotopic (exact) mass is 349 g/mol. The Morgan fingerprint density at radius 2 is 1.81 bits per heavy atom. The summed E-state index contributed by atoms with van der Waals surface area (Å²) in [5.41, 5.74) is 4.49. The van der Waals surface area contributed by atoms with Crippen molar-refractivity contribution in [2.45, 2.75) is 26.7 Å². The van der Waals surface area contributed by atoms with Gasteiger partial charge in [-0.25, -0.2) is 4.98 Å². The molecule has 2 N–H and O–H groups in total. The van der Waals surface area contributed by atoms with Gasteiger partial charge in [0, 0.05) is 24.0 Å². The number of carbonyl (C=O) groups excluding carboxylic acids is 1. The number of carbonyl (C=O) groups is 1. The molecule has 134 valence electrons. The van der Waals surface area contributed by atoms with Crippen molar-refractivity contribution in [3.8, 4) is 0 Å². The fourth-order valence-electron chi connectivity index (χ4n) is 3.01. The van der Waals surface area contributed by atoms with Crippen LogP contribution in [-0.4, -0.2) is 20.7 Å². The van der Waals surface area contributed by atoms with E-state index in [1.165, 1.54) is 0 Å². The average Bonchev–Trinajstić information content (AvgIpc) is 2.89. The molecule has 0 saturated heterocycles. The van der Waals surface area contributed by atoms with Crippen LogP contribution in [0, 0.1) is 13.8 Å². The van der Waals surface area contributed by atoms with E-state index in [2.05, 4.69) is 20.7 Å². The molecular formula is C20H23N5O. The second-order valence-electron chi connectivity index (χ2n) is 6.34. The minimum atomic E-state index is -0.286. The molecule has 0 bridgehead atoms. The van der Waals surface area contributed by atoms with Crippen molar-refractivity contribution in [2.24, 2.45) is 7.05 Å². The Hall–Kier alpha value is -3.15. The highest BCUT2D eigenvalue weighted by atomic mass is 16.1. The maximum Gasteiger partial charge on any atom is 0.231 e. The minimum Gasteiger partial charge on any atom is -0.340 e. The van der Waals surface area contributed by atoms with Crippen molar-refractivity contribution < 1.29 is 4.79 Å². The molecule has 0 radical (unpaired) electrons. The predicted molar refractivity (Wildman–Crippen MR) is 104 cm³/mol. The molecule has 0 fully saturated rings. The SMILES string of the molecule is Cc1nn(C)c(C)c1[C@@H](C)C(=O)Nc1ccc(Nc2ccccc2)nc1. The molecular weight excluding hydrogens is 326 g/mol. The van der Waals surface area contributed by atoms with Gasteiger partial charge in [-0.2, -0.15) is 5.10 Å². The van der Waals surface area contributed by atoms with Crippen molar-refractivity contribution in [1.29, 1.82) is 0 Å². The van der Waals surface area contributed by atoms with Gasteiger partial charge in [0.15, 0.2) is 0 Å². The van der Waals surface area contributed by atoms with Crippen LogP contribution in [-0.2, 0) is 11.8 Å². The molecule has 3 rings (SSSR count). The van der Waals surface area contributed by atoms with Gasteiger partial charge < -0.3 is 10.6 Å². The maximum absolute atomic E-state index is 12.6. The fourth-order valence-corrected chi connectivity index (χ4v) is 3.01. The Balaban J connectivity index is 1.67. The third kappa shape index (κ3) is 3.74. The number of pyridine rings is 1. The Morgan fingerprint density at radius 3 is 2.38 bits per heavy atom. The summed E-state index contributed by atoms with van der Waals surface area (Å²) in [6.07, 6.45) is 1.65. The van der Waals surface area contributed by atoms with Gasteiger partial charge in [-0.15, -0.1) is 0 Å². The molecule has 6 nitrogen and oxygen atoms in total. The van der Waals surface area contributed by atoms with E-state index in [9.17, 15) is 4.79 Å². The number of para-hydroxylation sites is 1. The maximum atomic E-state index is 12.6. The standard InChI is InChI=1S/C20H23N5O/c1-13(19-14(2)24-25(4)15(19)3)20(26)23-17-10-11-18(21-12-17)22-16-8-6-5-7-9-16/h5-13H,1-4H3,(H,21,22)(H,23,26)/t13-/m1/s1. The lowest BCUT2D eigenvalue weighted by Gasteiger charge is -2.13. The van der Waals surface area contributed by atoms with Crippen LogP contribution in [0.5, 0.6) is 0 Å². The van der Waals surface area contributed by atoms with Gasteiger partial charge in [0.2, 0.25) is 5.91 Å². The first-order chi connectivity index (χ1) is 12.5. The lowest BCUT2D eigenvalue weighted by molar-refractivity contribution is -0.117. The van der Waals surface area contributed by atoms with E-state index in [1.54, 1.807) is 10.9 Å². The molecule has 1 atom stereocenters. The second kappa shape index (κ2) is 7.39. The summed E-state index contributed by atoms with van der Waals surface area (Å²) >= 11 is 0. The fraction of sp³-hybridized carbons (Fsp3) is 0.250. The number of benzene rings is 1. The number of anilines is 3. The second-order valence-corrected chi connectivity index (χ2v) is 6.34. The number of nitrogens with zero attached hydrogens (tertiary/aromatic N) is 3. The number of hydrogen-bond donors (Lipinski definition) is 2. The Bertz CT molecular complexity index is 900. The van der Waals surface area contributed by atoms with Gasteiger partial charge in [0.05, 0.1) is 23.5 Å². The van der Waals surface area contributed by atoms with Crippen LogP contribution in [0.4, 0.5) is 17.2 Å². The zero-order valence-electron chi connectivity index (χ0n) is 15.4. The van der Waals surface area contributed by atoms with E-state index in [-0.39, 0.29) is 11.8 Å². The lowest BCUT2D eigenvalue weighted by Crippen LogP contribution is -2.20. The molecule has 2 aromatic heterocycles. The topological polar surface area (TPSA) is 71.8 Å². The number of hydrogen-bond acceptors (Lipinski definition) is 4. The number of aryl methyl sites for hydroxylation is 2. The van der Waals surface area contributed by atoms with Crippen molar-refractivity contribution in [3.63, 3.8) is 0 Å². The first-order valence-corrected chi connectivity index (χ1v) is 8.55. The van der Waals surface area contributed by atoms with Gasteiger partial charge in [-0.05, 0) is 45.0 Å². The van der Waals surface area contributed by atoms with Gasteiger partial charge >= 0.3 is 0 Å². The predicted octanol–water partition coefficient (Wildman–Crippen LogP) is 3.92. The summed E-state index contributed by atoms with van der Waals surface area (Å²) < 4.78 is 1.81. The smallest absolute Gasteiger partial charge is 0.231 e. The highest BCUT2D eigenvalue weighted by molar-refractivity contribution is 5.95. The summed E-state index contributed by atoms with van der Waals surface area (Å²) in [6, 6.07) is 13.5. The summed E-state index contributed by atoms with van der Waals surface area (Å²) in [5, 5.41) is 10.5. The lowest BCUT2D eigenvalue weighted by atomic mass is 9.98. The summed E-state index contributed by atoms with van der Waals surface area (Å²) in [6.45, 7) is 5.80. The van der Waals surface area contributed by atoms with Crippen molar-refractivity contribution in [1.82, 2.24) is 14.8 Å². The van der Waals surface area contributed by atoms with Crippen molar-refractivity contribution in [3.05, 3.63) is 65.6 Å². The van der Waals surface area contributed by atoms with Crippen LogP contribution >= 0.6 is 0 Å².